The first-order valence-electron chi connectivity index (χ1n) is 10.8. The summed E-state index contributed by atoms with van der Waals surface area (Å²) in [7, 11) is -4.19. The topological polar surface area (TPSA) is 104 Å². The van der Waals surface area contributed by atoms with Gasteiger partial charge in [0, 0.05) is 28.7 Å². The molecule has 1 heterocycles. The highest BCUT2D eigenvalue weighted by molar-refractivity contribution is 7.90. The van der Waals surface area contributed by atoms with Gasteiger partial charge in [-0.1, -0.05) is 54.7 Å². The molecule has 0 fully saturated rings. The third-order valence-electron chi connectivity index (χ3n) is 5.58. The Bertz CT molecular complexity index is 1200. The van der Waals surface area contributed by atoms with Crippen LogP contribution in [0.5, 0.6) is 0 Å². The second-order valence-electron chi connectivity index (χ2n) is 7.86. The second-order valence-corrected chi connectivity index (χ2v) is 10.5. The molecular weight excluding hydrogens is 501 g/mol. The molecule has 0 radical (unpaired) electrons. The normalized spacial score (nSPS) is 15.1. The molecule has 0 unspecified atom stereocenters. The third-order valence-corrected chi connectivity index (χ3v) is 8.07. The summed E-state index contributed by atoms with van der Waals surface area (Å²) in [5.41, 5.74) is 0.410. The number of fused-ring (bicyclic) bond motifs is 1. The number of benzene rings is 2. The van der Waals surface area contributed by atoms with Crippen molar-refractivity contribution >= 4 is 50.9 Å². The fraction of sp³-hybridized carbons (Fsp3) is 0.348. The van der Waals surface area contributed by atoms with Crippen LogP contribution in [0.25, 0.3) is 0 Å². The maximum atomic E-state index is 13.4. The van der Waals surface area contributed by atoms with E-state index in [4.69, 9.17) is 23.2 Å². The van der Waals surface area contributed by atoms with Gasteiger partial charge in [-0.2, -0.15) is 0 Å². The van der Waals surface area contributed by atoms with Gasteiger partial charge in [0.1, 0.15) is 17.5 Å². The number of carbonyl (C=O) groups is 3. The van der Waals surface area contributed by atoms with Crippen LogP contribution in [-0.4, -0.2) is 54.5 Å². The lowest BCUT2D eigenvalue weighted by Gasteiger charge is -2.30. The van der Waals surface area contributed by atoms with E-state index < -0.39 is 40.3 Å². The van der Waals surface area contributed by atoms with Crippen LogP contribution < -0.4 is 5.32 Å². The number of sulfonamides is 1. The largest absolute Gasteiger partial charge is 0.354 e. The molecule has 34 heavy (non-hydrogen) atoms. The minimum absolute atomic E-state index is 0.00126. The molecule has 1 atom stereocenters. The lowest BCUT2D eigenvalue weighted by molar-refractivity contribution is -0.140. The van der Waals surface area contributed by atoms with Crippen LogP contribution in [0, 0.1) is 0 Å². The smallest absolute Gasteiger partial charge is 0.269 e. The number of amides is 3. The van der Waals surface area contributed by atoms with Gasteiger partial charge in [0.15, 0.2) is 0 Å². The molecule has 182 valence electrons. The van der Waals surface area contributed by atoms with Gasteiger partial charge in [-0.3, -0.25) is 14.4 Å². The first-order valence-corrected chi connectivity index (χ1v) is 12.9. The fourth-order valence-corrected chi connectivity index (χ4v) is 5.61. The number of nitrogens with zero attached hydrogens (tertiary/aromatic N) is 2. The van der Waals surface area contributed by atoms with E-state index in [-0.39, 0.29) is 17.0 Å². The Morgan fingerprint density at radius 2 is 1.74 bits per heavy atom. The first-order chi connectivity index (χ1) is 16.1. The molecule has 0 aliphatic carbocycles. The van der Waals surface area contributed by atoms with Gasteiger partial charge in [0.05, 0.1) is 5.56 Å². The average molecular weight is 526 g/mol. The van der Waals surface area contributed by atoms with Crippen molar-refractivity contribution in [1.82, 2.24) is 14.5 Å². The Balaban J connectivity index is 1.90. The SMILES string of the molecule is CCCCNC(=O)[C@@H](C)N(Cc1c(Cl)cccc1Cl)C(=O)CN1C(=O)c2ccccc2S1(=O)=O. The van der Waals surface area contributed by atoms with E-state index in [0.29, 0.717) is 26.5 Å². The summed E-state index contributed by atoms with van der Waals surface area (Å²) in [6.45, 7) is 3.04. The van der Waals surface area contributed by atoms with E-state index >= 15 is 0 Å². The van der Waals surface area contributed by atoms with Crippen molar-refractivity contribution in [2.45, 2.75) is 44.2 Å². The van der Waals surface area contributed by atoms with E-state index in [0.717, 1.165) is 12.8 Å². The first kappa shape index (κ1) is 26.0. The average Bonchev–Trinajstić information content (AvgIpc) is 2.99. The van der Waals surface area contributed by atoms with Crippen molar-refractivity contribution in [3.8, 4) is 0 Å². The molecular formula is C23H25Cl2N3O5S. The number of nitrogens with one attached hydrogen (secondary N) is 1. The zero-order valence-corrected chi connectivity index (χ0v) is 21.1. The van der Waals surface area contributed by atoms with E-state index in [2.05, 4.69) is 5.32 Å². The summed E-state index contributed by atoms with van der Waals surface area (Å²) >= 11 is 12.6. The summed E-state index contributed by atoms with van der Waals surface area (Å²) in [6, 6.07) is 9.64. The molecule has 0 bridgehead atoms. The van der Waals surface area contributed by atoms with Gasteiger partial charge in [-0.15, -0.1) is 0 Å². The molecule has 0 aromatic heterocycles. The van der Waals surface area contributed by atoms with Gasteiger partial charge in [0.25, 0.3) is 15.9 Å². The molecule has 2 aromatic rings. The summed E-state index contributed by atoms with van der Waals surface area (Å²) in [4.78, 5) is 39.9. The van der Waals surface area contributed by atoms with Crippen molar-refractivity contribution in [1.29, 1.82) is 0 Å². The summed E-state index contributed by atoms with van der Waals surface area (Å²) in [5.74, 6) is -1.94. The number of carbonyl (C=O) groups excluding carboxylic acids is 3. The summed E-state index contributed by atoms with van der Waals surface area (Å²) in [6.07, 6.45) is 1.64. The zero-order chi connectivity index (χ0) is 25.0. The van der Waals surface area contributed by atoms with Crippen molar-refractivity contribution < 1.29 is 22.8 Å². The van der Waals surface area contributed by atoms with E-state index in [9.17, 15) is 22.8 Å². The minimum Gasteiger partial charge on any atom is -0.354 e. The molecule has 8 nitrogen and oxygen atoms in total. The predicted molar refractivity (Wildman–Crippen MR) is 129 cm³/mol. The Morgan fingerprint density at radius 3 is 2.35 bits per heavy atom. The fourth-order valence-electron chi connectivity index (χ4n) is 3.57. The molecule has 1 aliphatic rings. The van der Waals surface area contributed by atoms with Crippen LogP contribution in [0.2, 0.25) is 10.0 Å². The van der Waals surface area contributed by atoms with Crippen molar-refractivity contribution in [2.24, 2.45) is 0 Å². The van der Waals surface area contributed by atoms with Crippen LogP contribution in [0.15, 0.2) is 47.4 Å². The summed E-state index contributed by atoms with van der Waals surface area (Å²) < 4.78 is 26.4. The van der Waals surface area contributed by atoms with Crippen molar-refractivity contribution in [3.05, 3.63) is 63.6 Å². The van der Waals surface area contributed by atoms with Crippen molar-refractivity contribution in [2.75, 3.05) is 13.1 Å². The maximum absolute atomic E-state index is 13.4. The second kappa shape index (κ2) is 10.8. The predicted octanol–water partition coefficient (Wildman–Crippen LogP) is 3.47. The molecule has 0 spiro atoms. The van der Waals surface area contributed by atoms with E-state index in [1.807, 2.05) is 6.92 Å². The van der Waals surface area contributed by atoms with Crippen LogP contribution in [0.3, 0.4) is 0 Å². The van der Waals surface area contributed by atoms with Gasteiger partial charge in [0.2, 0.25) is 11.8 Å². The molecule has 3 rings (SSSR count). The Hall–Kier alpha value is -2.62. The quantitative estimate of drug-likeness (QED) is 0.504. The molecule has 0 saturated carbocycles. The lowest BCUT2D eigenvalue weighted by atomic mass is 10.1. The van der Waals surface area contributed by atoms with E-state index in [1.165, 1.54) is 30.0 Å². The molecule has 3 amide bonds. The van der Waals surface area contributed by atoms with Crippen molar-refractivity contribution in [3.63, 3.8) is 0 Å². The van der Waals surface area contributed by atoms with E-state index in [1.54, 1.807) is 24.3 Å². The highest BCUT2D eigenvalue weighted by atomic mass is 35.5. The van der Waals surface area contributed by atoms with Gasteiger partial charge in [-0.05, 0) is 37.6 Å². The monoisotopic (exact) mass is 525 g/mol. The number of halogens is 2. The van der Waals surface area contributed by atoms with Crippen LogP contribution in [0.4, 0.5) is 0 Å². The van der Waals surface area contributed by atoms with Gasteiger partial charge >= 0.3 is 0 Å². The molecule has 11 heteroatoms. The van der Waals surface area contributed by atoms with Gasteiger partial charge in [-0.25, -0.2) is 12.7 Å². The standard InChI is InChI=1S/C23H25Cl2N3O5S/c1-3-4-12-26-22(30)15(2)27(13-17-18(24)9-7-10-19(17)25)21(29)14-28-23(31)16-8-5-6-11-20(16)34(28,32)33/h5-11,15H,3-4,12-14H2,1-2H3,(H,26,30)/t15-/m1/s1. The number of hydrogen-bond acceptors (Lipinski definition) is 5. The molecule has 2 aromatic carbocycles. The number of unbranched alkanes of at least 4 members (excludes halogenated alkanes) is 1. The highest BCUT2D eigenvalue weighted by Gasteiger charge is 2.43. The Kier molecular flexibility index (Phi) is 8.22. The van der Waals surface area contributed by atoms with Crippen LogP contribution in [0.1, 0.15) is 42.6 Å². The highest BCUT2D eigenvalue weighted by Crippen LogP contribution is 2.31. The zero-order valence-electron chi connectivity index (χ0n) is 18.8. The third kappa shape index (κ3) is 5.21. The molecule has 1 N–H and O–H groups in total. The van der Waals surface area contributed by atoms with Crippen LogP contribution >= 0.6 is 23.2 Å². The molecule has 1 aliphatic heterocycles. The van der Waals surface area contributed by atoms with Crippen LogP contribution in [-0.2, 0) is 26.2 Å². The maximum Gasteiger partial charge on any atom is 0.269 e. The molecule has 0 saturated heterocycles. The summed E-state index contributed by atoms with van der Waals surface area (Å²) in [5, 5.41) is 3.35. The lowest BCUT2D eigenvalue weighted by Crippen LogP contribution is -2.51. The van der Waals surface area contributed by atoms with Gasteiger partial charge < -0.3 is 10.2 Å². The Labute approximate surface area is 208 Å². The Morgan fingerprint density at radius 1 is 1.09 bits per heavy atom. The minimum atomic E-state index is -4.19. The number of hydrogen-bond donors (Lipinski definition) is 1. The number of rotatable bonds is 9.